The molecule has 0 bridgehead atoms. The zero-order valence-electron chi connectivity index (χ0n) is 16.6. The van der Waals surface area contributed by atoms with Gasteiger partial charge in [-0.3, -0.25) is 4.79 Å². The van der Waals surface area contributed by atoms with Crippen LogP contribution in [0.5, 0.6) is 5.75 Å². The first-order valence-electron chi connectivity index (χ1n) is 9.57. The van der Waals surface area contributed by atoms with Crippen molar-refractivity contribution < 1.29 is 9.53 Å². The van der Waals surface area contributed by atoms with E-state index in [1.807, 2.05) is 34.3 Å². The standard InChI is InChI=1S/C24H21N3O2S/c1-18-5-7-19(8-6-18)14-27-13-3-2-4-23(27)26-24(28)20-9-11-22(12-10-20)29-15-21-16-30-17-25-21/h2-13,16-17H,14-15H2,1H3. The van der Waals surface area contributed by atoms with Crippen molar-refractivity contribution in [1.29, 1.82) is 0 Å². The van der Waals surface area contributed by atoms with Gasteiger partial charge in [0.15, 0.2) is 0 Å². The molecule has 5 nitrogen and oxygen atoms in total. The predicted molar refractivity (Wildman–Crippen MR) is 117 cm³/mol. The van der Waals surface area contributed by atoms with Crippen LogP contribution in [-0.4, -0.2) is 15.5 Å². The minimum absolute atomic E-state index is 0.287. The number of aryl methyl sites for hydroxylation is 1. The highest BCUT2D eigenvalue weighted by Gasteiger charge is 2.06. The van der Waals surface area contributed by atoms with Crippen LogP contribution in [0, 0.1) is 6.92 Å². The monoisotopic (exact) mass is 415 g/mol. The molecule has 0 aliphatic carbocycles. The molecular weight excluding hydrogens is 394 g/mol. The minimum Gasteiger partial charge on any atom is -0.487 e. The zero-order chi connectivity index (χ0) is 20.8. The third-order valence-corrected chi connectivity index (χ3v) is 5.21. The van der Waals surface area contributed by atoms with Crippen LogP contribution in [0.2, 0.25) is 0 Å². The number of aromatic nitrogens is 2. The fourth-order valence-corrected chi connectivity index (χ4v) is 3.46. The molecule has 0 N–H and O–H groups in total. The first-order chi connectivity index (χ1) is 14.7. The van der Waals surface area contributed by atoms with E-state index in [2.05, 4.69) is 41.2 Å². The van der Waals surface area contributed by atoms with Gasteiger partial charge in [-0.15, -0.1) is 11.3 Å². The fraction of sp³-hybridized carbons (Fsp3) is 0.125. The molecule has 0 spiro atoms. The molecule has 2 aromatic carbocycles. The van der Waals surface area contributed by atoms with Gasteiger partial charge in [-0.2, -0.15) is 4.99 Å². The summed E-state index contributed by atoms with van der Waals surface area (Å²) in [4.78, 5) is 21.2. The lowest BCUT2D eigenvalue weighted by Gasteiger charge is -2.08. The topological polar surface area (TPSA) is 56.5 Å². The Kier molecular flexibility index (Phi) is 6.15. The first-order valence-corrected chi connectivity index (χ1v) is 10.5. The van der Waals surface area contributed by atoms with E-state index in [0.717, 1.165) is 11.3 Å². The van der Waals surface area contributed by atoms with Gasteiger partial charge in [0.1, 0.15) is 17.8 Å². The van der Waals surface area contributed by atoms with E-state index in [1.54, 1.807) is 29.8 Å². The van der Waals surface area contributed by atoms with E-state index in [1.165, 1.54) is 16.9 Å². The Morgan fingerprint density at radius 1 is 1.07 bits per heavy atom. The van der Waals surface area contributed by atoms with E-state index in [-0.39, 0.29) is 5.91 Å². The van der Waals surface area contributed by atoms with Crippen LogP contribution < -0.4 is 10.2 Å². The molecule has 2 aromatic heterocycles. The molecule has 4 rings (SSSR count). The molecule has 0 saturated heterocycles. The number of benzene rings is 2. The van der Waals surface area contributed by atoms with Crippen molar-refractivity contribution in [2.75, 3.05) is 0 Å². The summed E-state index contributed by atoms with van der Waals surface area (Å²) in [5.74, 6) is 0.401. The molecule has 30 heavy (non-hydrogen) atoms. The van der Waals surface area contributed by atoms with Crippen LogP contribution in [-0.2, 0) is 13.2 Å². The third-order valence-electron chi connectivity index (χ3n) is 4.58. The van der Waals surface area contributed by atoms with Crippen LogP contribution in [0.3, 0.4) is 0 Å². The number of nitrogens with zero attached hydrogens (tertiary/aromatic N) is 3. The van der Waals surface area contributed by atoms with E-state index < -0.39 is 0 Å². The van der Waals surface area contributed by atoms with Gasteiger partial charge in [-0.1, -0.05) is 35.9 Å². The van der Waals surface area contributed by atoms with Crippen LogP contribution in [0.15, 0.2) is 88.8 Å². The second-order valence-corrected chi connectivity index (χ2v) is 7.60. The van der Waals surface area contributed by atoms with Crippen molar-refractivity contribution in [3.05, 3.63) is 112 Å². The highest BCUT2D eigenvalue weighted by atomic mass is 32.1. The Bertz CT molecular complexity index is 1180. The van der Waals surface area contributed by atoms with Crippen molar-refractivity contribution in [2.24, 2.45) is 4.99 Å². The lowest BCUT2D eigenvalue weighted by atomic mass is 10.1. The summed E-state index contributed by atoms with van der Waals surface area (Å²) in [5.41, 5.74) is 6.17. The Morgan fingerprint density at radius 3 is 2.60 bits per heavy atom. The third kappa shape index (κ3) is 5.10. The molecule has 0 fully saturated rings. The number of hydrogen-bond donors (Lipinski definition) is 0. The molecular formula is C24H21N3O2S. The van der Waals surface area contributed by atoms with Crippen LogP contribution in [0.25, 0.3) is 0 Å². The average Bonchev–Trinajstić information content (AvgIpc) is 3.29. The summed E-state index contributed by atoms with van der Waals surface area (Å²) in [5, 5.41) is 1.95. The summed E-state index contributed by atoms with van der Waals surface area (Å²) in [7, 11) is 0. The quantitative estimate of drug-likeness (QED) is 0.462. The smallest absolute Gasteiger partial charge is 0.278 e. The molecule has 0 unspecified atom stereocenters. The number of amides is 1. The Hall–Kier alpha value is -3.51. The lowest BCUT2D eigenvalue weighted by molar-refractivity contribution is 0.0997. The van der Waals surface area contributed by atoms with Crippen LogP contribution in [0.4, 0.5) is 0 Å². The number of pyridine rings is 1. The van der Waals surface area contributed by atoms with Gasteiger partial charge in [0.05, 0.1) is 11.2 Å². The molecule has 0 aliphatic heterocycles. The van der Waals surface area contributed by atoms with Gasteiger partial charge in [-0.05, 0) is 48.9 Å². The van der Waals surface area contributed by atoms with E-state index in [0.29, 0.717) is 30.0 Å². The second kappa shape index (κ2) is 9.33. The predicted octanol–water partition coefficient (Wildman–Crippen LogP) is 4.62. The molecule has 2 heterocycles. The number of thiazole rings is 1. The molecule has 150 valence electrons. The van der Waals surface area contributed by atoms with Gasteiger partial charge >= 0.3 is 0 Å². The van der Waals surface area contributed by atoms with E-state index in [4.69, 9.17) is 4.74 Å². The van der Waals surface area contributed by atoms with Crippen molar-refractivity contribution in [1.82, 2.24) is 9.55 Å². The zero-order valence-corrected chi connectivity index (χ0v) is 17.4. The van der Waals surface area contributed by atoms with Gasteiger partial charge in [0.2, 0.25) is 0 Å². The number of hydrogen-bond acceptors (Lipinski definition) is 4. The molecule has 0 radical (unpaired) electrons. The number of rotatable bonds is 6. The maximum absolute atomic E-state index is 12.7. The van der Waals surface area contributed by atoms with Crippen molar-refractivity contribution in [3.8, 4) is 5.75 Å². The molecule has 0 atom stereocenters. The van der Waals surface area contributed by atoms with Crippen molar-refractivity contribution >= 4 is 17.2 Å². The number of ether oxygens (including phenoxy) is 1. The SMILES string of the molecule is Cc1ccc(Cn2ccccc2=NC(=O)c2ccc(OCc3cscn3)cc2)cc1. The summed E-state index contributed by atoms with van der Waals surface area (Å²) in [6.07, 6.45) is 1.93. The van der Waals surface area contributed by atoms with Crippen LogP contribution >= 0.6 is 11.3 Å². The second-order valence-electron chi connectivity index (χ2n) is 6.88. The molecule has 6 heteroatoms. The largest absolute Gasteiger partial charge is 0.487 e. The Labute approximate surface area is 179 Å². The molecule has 0 saturated carbocycles. The van der Waals surface area contributed by atoms with Gasteiger partial charge in [0, 0.05) is 23.7 Å². The summed E-state index contributed by atoms with van der Waals surface area (Å²) in [6, 6.07) is 21.0. The van der Waals surface area contributed by atoms with Gasteiger partial charge in [-0.25, -0.2) is 4.98 Å². The fourth-order valence-electron chi connectivity index (χ4n) is 2.92. The van der Waals surface area contributed by atoms with Gasteiger partial charge in [0.25, 0.3) is 5.91 Å². The van der Waals surface area contributed by atoms with E-state index in [9.17, 15) is 4.79 Å². The number of carbonyl (C=O) groups excluding carboxylic acids is 1. The maximum atomic E-state index is 12.7. The minimum atomic E-state index is -0.287. The van der Waals surface area contributed by atoms with E-state index >= 15 is 0 Å². The summed E-state index contributed by atoms with van der Waals surface area (Å²) < 4.78 is 7.66. The molecule has 0 aliphatic rings. The normalized spacial score (nSPS) is 11.4. The average molecular weight is 416 g/mol. The lowest BCUT2D eigenvalue weighted by Crippen LogP contribution is -2.22. The molecule has 1 amide bonds. The first kappa shape index (κ1) is 19.8. The Balaban J connectivity index is 1.49. The van der Waals surface area contributed by atoms with Gasteiger partial charge < -0.3 is 9.30 Å². The number of carbonyl (C=O) groups is 1. The van der Waals surface area contributed by atoms with Crippen molar-refractivity contribution in [3.63, 3.8) is 0 Å². The summed E-state index contributed by atoms with van der Waals surface area (Å²) >= 11 is 1.53. The molecule has 4 aromatic rings. The maximum Gasteiger partial charge on any atom is 0.278 e. The Morgan fingerprint density at radius 2 is 1.87 bits per heavy atom. The van der Waals surface area contributed by atoms with Crippen LogP contribution in [0.1, 0.15) is 27.2 Å². The van der Waals surface area contributed by atoms with Crippen molar-refractivity contribution in [2.45, 2.75) is 20.1 Å². The highest BCUT2D eigenvalue weighted by Crippen LogP contribution is 2.15. The summed E-state index contributed by atoms with van der Waals surface area (Å²) in [6.45, 7) is 3.12. The highest BCUT2D eigenvalue weighted by molar-refractivity contribution is 7.07.